The number of hydrogen-bond acceptors (Lipinski definition) is 2. The van der Waals surface area contributed by atoms with E-state index in [0.29, 0.717) is 6.04 Å². The number of benzene rings is 1. The van der Waals surface area contributed by atoms with E-state index in [1.165, 1.54) is 24.0 Å². The molecule has 0 bridgehead atoms. The lowest BCUT2D eigenvalue weighted by molar-refractivity contribution is 0.158. The molecule has 2 N–H and O–H groups in total. The molecule has 2 nitrogen and oxygen atoms in total. The molecular formula is C16H25NO. The first kappa shape index (κ1) is 13.6. The standard InChI is InChI=1S/C16H25NO/c1-3-15(18)10-11-17-16(14-8-9-14)13-6-4-12(2)5-7-13/h4-7,14-18H,3,8-11H2,1-2H3. The Bertz CT molecular complexity index is 356. The first-order valence-corrected chi connectivity index (χ1v) is 7.18. The minimum atomic E-state index is -0.157. The van der Waals surface area contributed by atoms with Crippen LogP contribution in [0.1, 0.15) is 49.8 Å². The van der Waals surface area contributed by atoms with Crippen molar-refractivity contribution >= 4 is 0 Å². The third-order valence-corrected chi connectivity index (χ3v) is 3.84. The summed E-state index contributed by atoms with van der Waals surface area (Å²) in [6.07, 6.45) is 4.21. The molecule has 0 aliphatic heterocycles. The van der Waals surface area contributed by atoms with E-state index in [2.05, 4.69) is 36.5 Å². The SMILES string of the molecule is CCC(O)CCNC(c1ccc(C)cc1)C1CC1. The summed E-state index contributed by atoms with van der Waals surface area (Å²) in [5.74, 6) is 0.798. The second kappa shape index (κ2) is 6.35. The maximum absolute atomic E-state index is 9.59. The average Bonchev–Trinajstić information content (AvgIpc) is 3.20. The van der Waals surface area contributed by atoms with Crippen LogP contribution in [-0.2, 0) is 0 Å². The van der Waals surface area contributed by atoms with Crippen LogP contribution in [0.5, 0.6) is 0 Å². The van der Waals surface area contributed by atoms with Gasteiger partial charge in [-0.3, -0.25) is 0 Å². The molecule has 0 heterocycles. The molecule has 0 spiro atoms. The molecular weight excluding hydrogens is 222 g/mol. The summed E-state index contributed by atoms with van der Waals surface area (Å²) in [6.45, 7) is 5.06. The lowest BCUT2D eigenvalue weighted by Crippen LogP contribution is -2.26. The van der Waals surface area contributed by atoms with Crippen LogP contribution in [0.3, 0.4) is 0 Å². The van der Waals surface area contributed by atoms with Crippen molar-refractivity contribution in [2.75, 3.05) is 6.54 Å². The number of rotatable bonds is 7. The molecule has 0 radical (unpaired) electrons. The highest BCUT2D eigenvalue weighted by Crippen LogP contribution is 2.40. The van der Waals surface area contributed by atoms with Crippen LogP contribution in [0.4, 0.5) is 0 Å². The van der Waals surface area contributed by atoms with Crippen molar-refractivity contribution in [2.24, 2.45) is 5.92 Å². The van der Waals surface area contributed by atoms with E-state index >= 15 is 0 Å². The van der Waals surface area contributed by atoms with Crippen molar-refractivity contribution in [3.05, 3.63) is 35.4 Å². The number of aryl methyl sites for hydroxylation is 1. The zero-order valence-corrected chi connectivity index (χ0v) is 11.5. The van der Waals surface area contributed by atoms with Crippen LogP contribution in [0.15, 0.2) is 24.3 Å². The highest BCUT2D eigenvalue weighted by molar-refractivity contribution is 5.25. The van der Waals surface area contributed by atoms with Crippen LogP contribution in [-0.4, -0.2) is 17.8 Å². The molecule has 1 fully saturated rings. The summed E-state index contributed by atoms with van der Waals surface area (Å²) >= 11 is 0. The van der Waals surface area contributed by atoms with Crippen molar-refractivity contribution in [1.82, 2.24) is 5.32 Å². The van der Waals surface area contributed by atoms with Gasteiger partial charge in [0, 0.05) is 6.04 Å². The van der Waals surface area contributed by atoms with Gasteiger partial charge in [-0.05, 0) is 50.6 Å². The molecule has 2 heteroatoms. The van der Waals surface area contributed by atoms with E-state index in [9.17, 15) is 5.11 Å². The Hall–Kier alpha value is -0.860. The quantitative estimate of drug-likeness (QED) is 0.775. The summed E-state index contributed by atoms with van der Waals surface area (Å²) in [4.78, 5) is 0. The van der Waals surface area contributed by atoms with Crippen LogP contribution in [0, 0.1) is 12.8 Å². The topological polar surface area (TPSA) is 32.3 Å². The third kappa shape index (κ3) is 3.82. The summed E-state index contributed by atoms with van der Waals surface area (Å²) in [5.41, 5.74) is 2.71. The van der Waals surface area contributed by atoms with Gasteiger partial charge >= 0.3 is 0 Å². The Balaban J connectivity index is 1.90. The monoisotopic (exact) mass is 247 g/mol. The molecule has 1 saturated carbocycles. The first-order chi connectivity index (χ1) is 8.70. The number of nitrogens with one attached hydrogen (secondary N) is 1. The van der Waals surface area contributed by atoms with E-state index in [0.717, 1.165) is 25.3 Å². The average molecular weight is 247 g/mol. The van der Waals surface area contributed by atoms with Gasteiger partial charge in [0.25, 0.3) is 0 Å². The van der Waals surface area contributed by atoms with Crippen LogP contribution < -0.4 is 5.32 Å². The van der Waals surface area contributed by atoms with Crippen molar-refractivity contribution in [3.8, 4) is 0 Å². The zero-order valence-electron chi connectivity index (χ0n) is 11.5. The predicted molar refractivity (Wildman–Crippen MR) is 75.6 cm³/mol. The molecule has 1 aromatic carbocycles. The second-order valence-corrected chi connectivity index (χ2v) is 5.53. The molecule has 2 rings (SSSR count). The number of aliphatic hydroxyl groups is 1. The summed E-state index contributed by atoms with van der Waals surface area (Å²) in [5, 5.41) is 13.2. The zero-order chi connectivity index (χ0) is 13.0. The van der Waals surface area contributed by atoms with Crippen molar-refractivity contribution in [3.63, 3.8) is 0 Å². The minimum absolute atomic E-state index is 0.157. The highest BCUT2D eigenvalue weighted by Gasteiger charge is 2.31. The molecule has 2 atom stereocenters. The van der Waals surface area contributed by atoms with Crippen LogP contribution in [0.2, 0.25) is 0 Å². The molecule has 1 aliphatic carbocycles. The largest absolute Gasteiger partial charge is 0.393 e. The molecule has 1 aromatic rings. The van der Waals surface area contributed by atoms with E-state index < -0.39 is 0 Å². The normalized spacial score (nSPS) is 18.6. The molecule has 0 aromatic heterocycles. The highest BCUT2D eigenvalue weighted by atomic mass is 16.3. The van der Waals surface area contributed by atoms with Crippen molar-refractivity contribution in [2.45, 2.75) is 51.7 Å². The number of hydrogen-bond donors (Lipinski definition) is 2. The summed E-state index contributed by atoms with van der Waals surface area (Å²) in [6, 6.07) is 9.33. The Morgan fingerprint density at radius 1 is 1.28 bits per heavy atom. The fourth-order valence-electron chi connectivity index (χ4n) is 2.37. The second-order valence-electron chi connectivity index (χ2n) is 5.53. The van der Waals surface area contributed by atoms with Gasteiger partial charge < -0.3 is 10.4 Å². The van der Waals surface area contributed by atoms with Gasteiger partial charge in [0.05, 0.1) is 6.10 Å². The van der Waals surface area contributed by atoms with E-state index in [4.69, 9.17) is 0 Å². The van der Waals surface area contributed by atoms with Gasteiger partial charge in [0.1, 0.15) is 0 Å². The van der Waals surface area contributed by atoms with Crippen LogP contribution >= 0.6 is 0 Å². The Labute approximate surface area is 110 Å². The maximum Gasteiger partial charge on any atom is 0.0549 e. The molecule has 0 amide bonds. The van der Waals surface area contributed by atoms with E-state index in [-0.39, 0.29) is 6.10 Å². The predicted octanol–water partition coefficient (Wildman–Crippen LogP) is 3.20. The Morgan fingerprint density at radius 3 is 2.50 bits per heavy atom. The lowest BCUT2D eigenvalue weighted by atomic mass is 10.0. The Kier molecular flexibility index (Phi) is 4.79. The third-order valence-electron chi connectivity index (χ3n) is 3.84. The van der Waals surface area contributed by atoms with Gasteiger partial charge in [0.15, 0.2) is 0 Å². The fourth-order valence-corrected chi connectivity index (χ4v) is 2.37. The molecule has 100 valence electrons. The van der Waals surface area contributed by atoms with E-state index in [1.807, 2.05) is 6.92 Å². The summed E-state index contributed by atoms with van der Waals surface area (Å²) < 4.78 is 0. The van der Waals surface area contributed by atoms with Gasteiger partial charge in [-0.2, -0.15) is 0 Å². The smallest absolute Gasteiger partial charge is 0.0549 e. The molecule has 18 heavy (non-hydrogen) atoms. The Morgan fingerprint density at radius 2 is 1.94 bits per heavy atom. The van der Waals surface area contributed by atoms with Gasteiger partial charge in [-0.1, -0.05) is 36.8 Å². The minimum Gasteiger partial charge on any atom is -0.393 e. The van der Waals surface area contributed by atoms with Crippen molar-refractivity contribution < 1.29 is 5.11 Å². The van der Waals surface area contributed by atoms with Crippen LogP contribution in [0.25, 0.3) is 0 Å². The van der Waals surface area contributed by atoms with Gasteiger partial charge in [0.2, 0.25) is 0 Å². The fraction of sp³-hybridized carbons (Fsp3) is 0.625. The van der Waals surface area contributed by atoms with E-state index in [1.54, 1.807) is 0 Å². The van der Waals surface area contributed by atoms with Gasteiger partial charge in [-0.25, -0.2) is 0 Å². The van der Waals surface area contributed by atoms with Crippen molar-refractivity contribution in [1.29, 1.82) is 0 Å². The molecule has 2 unspecified atom stereocenters. The van der Waals surface area contributed by atoms with Gasteiger partial charge in [-0.15, -0.1) is 0 Å². The molecule has 0 saturated heterocycles. The lowest BCUT2D eigenvalue weighted by Gasteiger charge is -2.20. The summed E-state index contributed by atoms with van der Waals surface area (Å²) in [7, 11) is 0. The molecule has 1 aliphatic rings. The number of aliphatic hydroxyl groups excluding tert-OH is 1. The maximum atomic E-state index is 9.59. The first-order valence-electron chi connectivity index (χ1n) is 7.18.